The van der Waals surface area contributed by atoms with Gasteiger partial charge in [0.05, 0.1) is 69.9 Å². The highest BCUT2D eigenvalue weighted by Crippen LogP contribution is 2.46. The van der Waals surface area contributed by atoms with Crippen molar-refractivity contribution >= 4 is 55.0 Å². The average molecular weight is 881 g/mol. The number of nitrogens with zero attached hydrogens (tertiary/aromatic N) is 6. The molecular weight excluding hydrogens is 850 g/mol. The van der Waals surface area contributed by atoms with E-state index in [-0.39, 0.29) is 5.69 Å². The molecule has 0 unspecified atom stereocenters. The van der Waals surface area contributed by atoms with E-state index in [9.17, 15) is 23.7 Å². The topological polar surface area (TPSA) is 66.2 Å². The van der Waals surface area contributed by atoms with Crippen molar-refractivity contribution in [1.82, 2.24) is 9.13 Å². The van der Waals surface area contributed by atoms with Gasteiger partial charge in [0.25, 0.3) is 0 Å². The van der Waals surface area contributed by atoms with Gasteiger partial charge in [0.15, 0.2) is 11.4 Å². The van der Waals surface area contributed by atoms with Gasteiger partial charge in [-0.25, -0.2) is 9.69 Å². The summed E-state index contributed by atoms with van der Waals surface area (Å²) in [5.74, 6) is 0. The van der Waals surface area contributed by atoms with Crippen LogP contribution < -0.4 is 0 Å². The standard InChI is InChI=1S/C59H31F3N6/c1-65-44-21-26-57(67-53-15-5-3-13-46(53)49-29-40(18-24-55(49)67)38-11-7-9-36(27-38)34-63)51(33-44)48-22-17-42(45-23-20-43(59(60,61)62)32-52(45)66-2)31-58(48)68-54-16-6-4-14-47(54)50-30-41(19-25-56(50)68)39-12-8-10-37(28-39)35-64/h3-33H. The predicted octanol–water partition coefficient (Wildman–Crippen LogP) is 16.4. The molecule has 0 atom stereocenters. The number of nitriles is 2. The maximum atomic E-state index is 14.0. The summed E-state index contributed by atoms with van der Waals surface area (Å²) in [6.07, 6.45) is -4.63. The van der Waals surface area contributed by atoms with Crippen molar-refractivity contribution in [3.05, 3.63) is 228 Å². The van der Waals surface area contributed by atoms with Crippen molar-refractivity contribution in [2.24, 2.45) is 0 Å². The molecule has 0 amide bonds. The Labute approximate surface area is 388 Å². The SMILES string of the molecule is [C-]#[N+]c1ccc(-n2c3ccccc3c3cc(-c4cccc(C#N)c4)ccc32)c(-c2ccc(-c3ccc(C(F)(F)F)cc3[N+]#[C-])cc2-n2c3ccccc3c3cc(-c4cccc(C#N)c4)ccc32)c1. The molecule has 0 aliphatic heterocycles. The Morgan fingerprint density at radius 3 is 1.50 bits per heavy atom. The summed E-state index contributed by atoms with van der Waals surface area (Å²) in [6, 6.07) is 62.6. The lowest BCUT2D eigenvalue weighted by Gasteiger charge is -2.20. The summed E-state index contributed by atoms with van der Waals surface area (Å²) in [4.78, 5) is 7.47. The molecule has 11 rings (SSSR count). The number of alkyl halides is 3. The molecule has 0 saturated carbocycles. The number of halogens is 3. The first-order valence-electron chi connectivity index (χ1n) is 21.5. The van der Waals surface area contributed by atoms with Crippen molar-refractivity contribution in [3.8, 4) is 68.0 Å². The highest BCUT2D eigenvalue weighted by atomic mass is 19.4. The fourth-order valence-corrected chi connectivity index (χ4v) is 9.52. The Morgan fingerprint density at radius 2 is 0.941 bits per heavy atom. The lowest BCUT2D eigenvalue weighted by Crippen LogP contribution is -2.04. The van der Waals surface area contributed by atoms with Crippen LogP contribution in [0.25, 0.3) is 109 Å². The molecule has 318 valence electrons. The van der Waals surface area contributed by atoms with Gasteiger partial charge >= 0.3 is 6.18 Å². The Morgan fingerprint density at radius 1 is 0.412 bits per heavy atom. The molecule has 11 aromatic rings. The molecule has 0 aliphatic carbocycles. The van der Waals surface area contributed by atoms with Crippen LogP contribution in [0.4, 0.5) is 24.5 Å². The van der Waals surface area contributed by atoms with Gasteiger partial charge < -0.3 is 9.13 Å². The van der Waals surface area contributed by atoms with Crippen LogP contribution in [0.2, 0.25) is 0 Å². The van der Waals surface area contributed by atoms with E-state index in [0.717, 1.165) is 94.8 Å². The minimum Gasteiger partial charge on any atom is -0.309 e. The first-order chi connectivity index (χ1) is 33.1. The molecule has 2 heterocycles. The monoisotopic (exact) mass is 880 g/mol. The Bertz CT molecular complexity index is 4090. The van der Waals surface area contributed by atoms with Gasteiger partial charge in [0.1, 0.15) is 0 Å². The highest BCUT2D eigenvalue weighted by molar-refractivity contribution is 6.13. The Kier molecular flexibility index (Phi) is 9.72. The third-order valence-electron chi connectivity index (χ3n) is 12.6. The van der Waals surface area contributed by atoms with Crippen LogP contribution in [-0.2, 0) is 6.18 Å². The van der Waals surface area contributed by atoms with Gasteiger partial charge in [-0.15, -0.1) is 0 Å². The summed E-state index contributed by atoms with van der Waals surface area (Å²) in [5, 5.41) is 23.2. The fraction of sp³-hybridized carbons (Fsp3) is 0.0169. The largest absolute Gasteiger partial charge is 0.415 e. The first-order valence-corrected chi connectivity index (χ1v) is 21.5. The van der Waals surface area contributed by atoms with Crippen molar-refractivity contribution in [3.63, 3.8) is 0 Å². The van der Waals surface area contributed by atoms with Gasteiger partial charge in [-0.05, 0) is 124 Å². The molecule has 2 aromatic heterocycles. The average Bonchev–Trinajstić information content (AvgIpc) is 3.89. The normalized spacial score (nSPS) is 11.4. The van der Waals surface area contributed by atoms with Crippen molar-refractivity contribution in [1.29, 1.82) is 10.5 Å². The van der Waals surface area contributed by atoms with Crippen LogP contribution in [0, 0.1) is 35.8 Å². The lowest BCUT2D eigenvalue weighted by molar-refractivity contribution is -0.137. The number of para-hydroxylation sites is 2. The van der Waals surface area contributed by atoms with Crippen LogP contribution in [0.3, 0.4) is 0 Å². The van der Waals surface area contributed by atoms with Gasteiger partial charge in [0, 0.05) is 32.7 Å². The highest BCUT2D eigenvalue weighted by Gasteiger charge is 2.31. The van der Waals surface area contributed by atoms with E-state index < -0.39 is 11.7 Å². The molecule has 0 bridgehead atoms. The molecule has 9 aromatic carbocycles. The second-order valence-corrected chi connectivity index (χ2v) is 16.4. The Balaban J connectivity index is 1.21. The molecule has 0 aliphatic rings. The minimum atomic E-state index is -4.63. The number of benzene rings is 9. The number of fused-ring (bicyclic) bond motifs is 6. The quantitative estimate of drug-likeness (QED) is 0.156. The number of rotatable bonds is 6. The van der Waals surface area contributed by atoms with Crippen LogP contribution in [0.1, 0.15) is 16.7 Å². The smallest absolute Gasteiger partial charge is 0.309 e. The number of hydrogen-bond acceptors (Lipinski definition) is 2. The molecule has 0 N–H and O–H groups in total. The zero-order chi connectivity index (χ0) is 46.7. The van der Waals surface area contributed by atoms with Crippen molar-refractivity contribution in [2.45, 2.75) is 6.18 Å². The maximum Gasteiger partial charge on any atom is 0.415 e. The minimum absolute atomic E-state index is 0.135. The second kappa shape index (κ2) is 16.1. The van der Waals surface area contributed by atoms with Crippen LogP contribution in [-0.4, -0.2) is 9.13 Å². The van der Waals surface area contributed by atoms with Crippen LogP contribution >= 0.6 is 0 Å². The molecule has 6 nitrogen and oxygen atoms in total. The van der Waals surface area contributed by atoms with E-state index in [1.165, 1.54) is 6.07 Å². The molecule has 0 fully saturated rings. The molecule has 0 saturated heterocycles. The van der Waals surface area contributed by atoms with Crippen molar-refractivity contribution < 1.29 is 13.2 Å². The summed E-state index contributed by atoms with van der Waals surface area (Å²) < 4.78 is 46.3. The van der Waals surface area contributed by atoms with E-state index in [4.69, 9.17) is 13.1 Å². The molecule has 0 spiro atoms. The van der Waals surface area contributed by atoms with Gasteiger partial charge in [-0.2, -0.15) is 23.7 Å². The summed E-state index contributed by atoms with van der Waals surface area (Å²) in [6.45, 7) is 16.2. The number of aromatic nitrogens is 2. The van der Waals surface area contributed by atoms with E-state index in [2.05, 4.69) is 61.3 Å². The van der Waals surface area contributed by atoms with E-state index in [1.807, 2.05) is 121 Å². The second-order valence-electron chi connectivity index (χ2n) is 16.4. The van der Waals surface area contributed by atoms with Gasteiger partial charge in [-0.1, -0.05) is 103 Å². The van der Waals surface area contributed by atoms with Gasteiger partial charge in [-0.3, -0.25) is 0 Å². The first kappa shape index (κ1) is 41.1. The molecule has 9 heteroatoms. The zero-order valence-electron chi connectivity index (χ0n) is 35.7. The lowest BCUT2D eigenvalue weighted by atomic mass is 9.94. The predicted molar refractivity (Wildman–Crippen MR) is 264 cm³/mol. The zero-order valence-corrected chi connectivity index (χ0v) is 35.7. The van der Waals surface area contributed by atoms with Crippen molar-refractivity contribution in [2.75, 3.05) is 0 Å². The summed E-state index contributed by atoms with van der Waals surface area (Å²) in [7, 11) is 0. The van der Waals surface area contributed by atoms with E-state index in [0.29, 0.717) is 33.6 Å². The summed E-state index contributed by atoms with van der Waals surface area (Å²) in [5.41, 5.74) is 11.5. The van der Waals surface area contributed by atoms with E-state index >= 15 is 0 Å². The van der Waals surface area contributed by atoms with Crippen LogP contribution in [0.15, 0.2) is 188 Å². The molecule has 68 heavy (non-hydrogen) atoms. The van der Waals surface area contributed by atoms with Gasteiger partial charge in [0.2, 0.25) is 0 Å². The number of hydrogen-bond donors (Lipinski definition) is 0. The molecule has 0 radical (unpaired) electrons. The molecular formula is C59H31F3N6. The Hall–Kier alpha value is -9.67. The fourth-order valence-electron chi connectivity index (χ4n) is 9.52. The summed E-state index contributed by atoms with van der Waals surface area (Å²) >= 11 is 0. The van der Waals surface area contributed by atoms with E-state index in [1.54, 1.807) is 18.2 Å². The third kappa shape index (κ3) is 6.79. The third-order valence-corrected chi connectivity index (χ3v) is 12.6. The van der Waals surface area contributed by atoms with Crippen LogP contribution in [0.5, 0.6) is 0 Å². The maximum absolute atomic E-state index is 14.0.